The van der Waals surface area contributed by atoms with Crippen LogP contribution in [0.1, 0.15) is 10.4 Å². The number of carbonyl (C=O) groups excluding carboxylic acids is 1. The molecule has 1 aliphatic heterocycles. The molecular formula is C15H10BrClN2O5. The van der Waals surface area contributed by atoms with Crippen LogP contribution in [0.4, 0.5) is 11.4 Å². The zero-order chi connectivity index (χ0) is 17.3. The predicted octanol–water partition coefficient (Wildman–Crippen LogP) is 4.03. The van der Waals surface area contributed by atoms with Crippen molar-refractivity contribution in [2.45, 2.75) is 0 Å². The van der Waals surface area contributed by atoms with Gasteiger partial charge in [-0.1, -0.05) is 11.6 Å². The van der Waals surface area contributed by atoms with Crippen molar-refractivity contribution in [2.24, 2.45) is 0 Å². The third kappa shape index (κ3) is 3.29. The standard InChI is InChI=1S/C15H10BrClN2O5/c16-9-6-13-14(24-4-3-23-13)7-11(9)18-15(20)8-1-2-10(17)12(5-8)19(21)22/h1-2,5-7H,3-4H2,(H,18,20). The maximum Gasteiger partial charge on any atom is 0.288 e. The van der Waals surface area contributed by atoms with Crippen molar-refractivity contribution in [3.8, 4) is 11.5 Å². The lowest BCUT2D eigenvalue weighted by Gasteiger charge is -2.20. The van der Waals surface area contributed by atoms with Crippen LogP contribution in [0.5, 0.6) is 11.5 Å². The predicted molar refractivity (Wildman–Crippen MR) is 91.2 cm³/mol. The summed E-state index contributed by atoms with van der Waals surface area (Å²) in [7, 11) is 0. The van der Waals surface area contributed by atoms with Crippen molar-refractivity contribution in [2.75, 3.05) is 18.5 Å². The lowest BCUT2D eigenvalue weighted by Crippen LogP contribution is -2.17. The molecule has 2 aromatic rings. The molecule has 9 heteroatoms. The molecule has 1 aliphatic rings. The van der Waals surface area contributed by atoms with Gasteiger partial charge in [0.2, 0.25) is 0 Å². The molecule has 0 radical (unpaired) electrons. The van der Waals surface area contributed by atoms with E-state index in [1.54, 1.807) is 12.1 Å². The second kappa shape index (κ2) is 6.66. The van der Waals surface area contributed by atoms with Crippen LogP contribution in [0.3, 0.4) is 0 Å². The highest BCUT2D eigenvalue weighted by Gasteiger charge is 2.19. The van der Waals surface area contributed by atoms with Crippen LogP contribution in [0.2, 0.25) is 5.02 Å². The SMILES string of the molecule is O=C(Nc1cc2c(cc1Br)OCCO2)c1ccc(Cl)c([N+](=O)[O-])c1. The van der Waals surface area contributed by atoms with E-state index in [-0.39, 0.29) is 16.3 Å². The van der Waals surface area contributed by atoms with Gasteiger partial charge < -0.3 is 14.8 Å². The van der Waals surface area contributed by atoms with Gasteiger partial charge in [0, 0.05) is 28.2 Å². The molecule has 0 aromatic heterocycles. The van der Waals surface area contributed by atoms with Gasteiger partial charge >= 0.3 is 0 Å². The number of amides is 1. The molecule has 0 unspecified atom stereocenters. The number of carbonyl (C=O) groups is 1. The molecule has 0 saturated carbocycles. The van der Waals surface area contributed by atoms with Gasteiger partial charge in [-0.05, 0) is 28.1 Å². The van der Waals surface area contributed by atoms with Crippen LogP contribution in [0, 0.1) is 10.1 Å². The van der Waals surface area contributed by atoms with Gasteiger partial charge in [0.15, 0.2) is 11.5 Å². The summed E-state index contributed by atoms with van der Waals surface area (Å²) in [5, 5.41) is 13.6. The topological polar surface area (TPSA) is 90.7 Å². The number of anilines is 1. The Labute approximate surface area is 149 Å². The lowest BCUT2D eigenvalue weighted by atomic mass is 10.1. The van der Waals surface area contributed by atoms with Crippen molar-refractivity contribution in [1.82, 2.24) is 0 Å². The van der Waals surface area contributed by atoms with Crippen LogP contribution >= 0.6 is 27.5 Å². The first-order chi connectivity index (χ1) is 11.5. The highest BCUT2D eigenvalue weighted by atomic mass is 79.9. The van der Waals surface area contributed by atoms with E-state index < -0.39 is 10.8 Å². The van der Waals surface area contributed by atoms with E-state index in [1.165, 1.54) is 12.1 Å². The first kappa shape index (κ1) is 16.5. The first-order valence-electron chi connectivity index (χ1n) is 6.80. The average Bonchev–Trinajstić information content (AvgIpc) is 2.55. The molecule has 0 bridgehead atoms. The van der Waals surface area contributed by atoms with Gasteiger partial charge in [-0.25, -0.2) is 0 Å². The van der Waals surface area contributed by atoms with Gasteiger partial charge in [0.05, 0.1) is 10.6 Å². The van der Waals surface area contributed by atoms with Crippen molar-refractivity contribution in [1.29, 1.82) is 0 Å². The zero-order valence-corrected chi connectivity index (χ0v) is 14.4. The molecule has 1 heterocycles. The molecule has 124 valence electrons. The van der Waals surface area contributed by atoms with E-state index in [4.69, 9.17) is 21.1 Å². The molecule has 3 rings (SSSR count). The molecule has 0 atom stereocenters. The second-order valence-corrected chi connectivity index (χ2v) is 6.11. The summed E-state index contributed by atoms with van der Waals surface area (Å²) in [6, 6.07) is 7.17. The quantitative estimate of drug-likeness (QED) is 0.606. The Morgan fingerprint density at radius 3 is 2.54 bits per heavy atom. The Morgan fingerprint density at radius 2 is 1.88 bits per heavy atom. The van der Waals surface area contributed by atoms with Crippen LogP contribution in [0.15, 0.2) is 34.8 Å². The second-order valence-electron chi connectivity index (χ2n) is 4.85. The van der Waals surface area contributed by atoms with Crippen molar-refractivity contribution in [3.63, 3.8) is 0 Å². The molecule has 0 spiro atoms. The fraction of sp³-hybridized carbons (Fsp3) is 0.133. The number of halogens is 2. The lowest BCUT2D eigenvalue weighted by molar-refractivity contribution is -0.384. The summed E-state index contributed by atoms with van der Waals surface area (Å²) in [6.07, 6.45) is 0. The maximum atomic E-state index is 12.4. The molecule has 1 amide bonds. The Bertz CT molecular complexity index is 843. The van der Waals surface area contributed by atoms with Crippen molar-refractivity contribution < 1.29 is 19.2 Å². The first-order valence-corrected chi connectivity index (χ1v) is 7.97. The molecule has 0 fully saturated rings. The normalized spacial score (nSPS) is 12.6. The van der Waals surface area contributed by atoms with Crippen LogP contribution < -0.4 is 14.8 Å². The van der Waals surface area contributed by atoms with Crippen LogP contribution in [-0.4, -0.2) is 24.0 Å². The third-order valence-corrected chi connectivity index (χ3v) is 4.26. The minimum Gasteiger partial charge on any atom is -0.486 e. The summed E-state index contributed by atoms with van der Waals surface area (Å²) in [6.45, 7) is 0.880. The highest BCUT2D eigenvalue weighted by molar-refractivity contribution is 9.10. The minimum absolute atomic E-state index is 0.0305. The van der Waals surface area contributed by atoms with Gasteiger partial charge in [-0.2, -0.15) is 0 Å². The third-order valence-electron chi connectivity index (χ3n) is 3.29. The van der Waals surface area contributed by atoms with Gasteiger partial charge in [-0.15, -0.1) is 0 Å². The summed E-state index contributed by atoms with van der Waals surface area (Å²) in [4.78, 5) is 22.6. The van der Waals surface area contributed by atoms with E-state index in [0.717, 1.165) is 6.07 Å². The van der Waals surface area contributed by atoms with E-state index in [9.17, 15) is 14.9 Å². The number of nitrogens with zero attached hydrogens (tertiary/aromatic N) is 1. The van der Waals surface area contributed by atoms with Gasteiger partial charge in [-0.3, -0.25) is 14.9 Å². The Balaban J connectivity index is 1.87. The number of nitro groups is 1. The Hall–Kier alpha value is -2.32. The summed E-state index contributed by atoms with van der Waals surface area (Å²) >= 11 is 9.10. The fourth-order valence-electron chi connectivity index (χ4n) is 2.15. The minimum atomic E-state index is -0.640. The number of rotatable bonds is 3. The van der Waals surface area contributed by atoms with Crippen LogP contribution in [-0.2, 0) is 0 Å². The average molecular weight is 414 g/mol. The smallest absolute Gasteiger partial charge is 0.288 e. The molecule has 7 nitrogen and oxygen atoms in total. The van der Waals surface area contributed by atoms with E-state index >= 15 is 0 Å². The number of fused-ring (bicyclic) bond motifs is 1. The number of ether oxygens (including phenoxy) is 2. The van der Waals surface area contributed by atoms with Crippen molar-refractivity contribution in [3.05, 3.63) is 55.5 Å². The molecule has 0 aliphatic carbocycles. The largest absolute Gasteiger partial charge is 0.486 e. The fourth-order valence-corrected chi connectivity index (χ4v) is 2.76. The number of nitrogens with one attached hydrogen (secondary N) is 1. The summed E-state index contributed by atoms with van der Waals surface area (Å²) < 4.78 is 11.5. The number of hydrogen-bond donors (Lipinski definition) is 1. The number of hydrogen-bond acceptors (Lipinski definition) is 5. The maximum absolute atomic E-state index is 12.4. The van der Waals surface area contributed by atoms with E-state index in [1.807, 2.05) is 0 Å². The zero-order valence-electron chi connectivity index (χ0n) is 12.0. The number of benzene rings is 2. The monoisotopic (exact) mass is 412 g/mol. The molecule has 24 heavy (non-hydrogen) atoms. The molecule has 2 aromatic carbocycles. The number of nitro benzene ring substituents is 1. The highest BCUT2D eigenvalue weighted by Crippen LogP contribution is 2.38. The van der Waals surface area contributed by atoms with E-state index in [2.05, 4.69) is 21.2 Å². The van der Waals surface area contributed by atoms with Crippen molar-refractivity contribution >= 4 is 44.8 Å². The van der Waals surface area contributed by atoms with Crippen LogP contribution in [0.25, 0.3) is 0 Å². The summed E-state index contributed by atoms with van der Waals surface area (Å²) in [5.74, 6) is 0.585. The van der Waals surface area contributed by atoms with E-state index in [0.29, 0.717) is 34.9 Å². The Morgan fingerprint density at radius 1 is 1.21 bits per heavy atom. The summed E-state index contributed by atoms with van der Waals surface area (Å²) in [5.41, 5.74) is 0.250. The van der Waals surface area contributed by atoms with Gasteiger partial charge in [0.25, 0.3) is 11.6 Å². The molecular weight excluding hydrogens is 404 g/mol. The Kier molecular flexibility index (Phi) is 4.59. The van der Waals surface area contributed by atoms with Gasteiger partial charge in [0.1, 0.15) is 18.2 Å². The molecule has 0 saturated heterocycles. The molecule has 1 N–H and O–H groups in total.